The highest BCUT2D eigenvalue weighted by Gasteiger charge is 2.28. The van der Waals surface area contributed by atoms with E-state index >= 15 is 0 Å². The molecule has 9 heteroatoms. The van der Waals surface area contributed by atoms with Crippen LogP contribution < -0.4 is 10.6 Å². The monoisotopic (exact) mass is 390 g/mol. The van der Waals surface area contributed by atoms with Crippen LogP contribution in [-0.2, 0) is 14.6 Å². The Kier molecular flexibility index (Phi) is 5.59. The standard InChI is InChI=1S/C18H22N4O4S/c1-3-26-17(23)13-4-6-14(7-5-13)21-18-19-12(2)10-16(22-18)20-15-8-9-27(24,25)11-15/h4-7,10,15H,3,8-9,11H2,1-2H3,(H2,19,20,21,22). The number of rotatable bonds is 6. The van der Waals surface area contributed by atoms with Gasteiger partial charge >= 0.3 is 5.97 Å². The second-order valence-electron chi connectivity index (χ2n) is 6.39. The lowest BCUT2D eigenvalue weighted by molar-refractivity contribution is 0.0526. The van der Waals surface area contributed by atoms with Crippen LogP contribution in [-0.4, -0.2) is 48.5 Å². The molecule has 1 aromatic heterocycles. The Balaban J connectivity index is 1.70. The second-order valence-corrected chi connectivity index (χ2v) is 8.61. The zero-order chi connectivity index (χ0) is 19.4. The molecule has 0 spiro atoms. The van der Waals surface area contributed by atoms with Gasteiger partial charge in [-0.3, -0.25) is 0 Å². The van der Waals surface area contributed by atoms with Crippen LogP contribution in [0.2, 0.25) is 0 Å². The topological polar surface area (TPSA) is 110 Å². The summed E-state index contributed by atoms with van der Waals surface area (Å²) in [6, 6.07) is 8.46. The van der Waals surface area contributed by atoms with Crippen LogP contribution in [0.5, 0.6) is 0 Å². The molecule has 1 atom stereocenters. The Morgan fingerprint density at radius 1 is 1.26 bits per heavy atom. The first-order valence-corrected chi connectivity index (χ1v) is 10.5. The molecule has 3 rings (SSSR count). The quantitative estimate of drug-likeness (QED) is 0.723. The van der Waals surface area contributed by atoms with Gasteiger partial charge in [-0.2, -0.15) is 4.98 Å². The Labute approximate surface area is 158 Å². The summed E-state index contributed by atoms with van der Waals surface area (Å²) in [6.45, 7) is 3.93. The van der Waals surface area contributed by atoms with Crippen LogP contribution >= 0.6 is 0 Å². The number of hydrogen-bond donors (Lipinski definition) is 2. The number of benzene rings is 1. The molecule has 144 valence electrons. The number of nitrogens with zero attached hydrogens (tertiary/aromatic N) is 2. The SMILES string of the molecule is CCOC(=O)c1ccc(Nc2nc(C)cc(NC3CCS(=O)(=O)C3)n2)cc1. The third-order valence-electron chi connectivity index (χ3n) is 4.09. The fraction of sp³-hybridized carbons (Fsp3) is 0.389. The minimum Gasteiger partial charge on any atom is -0.462 e. The Hall–Kier alpha value is -2.68. The maximum Gasteiger partial charge on any atom is 0.338 e. The van der Waals surface area contributed by atoms with Gasteiger partial charge in [0, 0.05) is 23.5 Å². The molecule has 1 fully saturated rings. The summed E-state index contributed by atoms with van der Waals surface area (Å²) in [6.07, 6.45) is 0.573. The molecule has 1 aliphatic rings. The summed E-state index contributed by atoms with van der Waals surface area (Å²) < 4.78 is 28.2. The lowest BCUT2D eigenvalue weighted by Gasteiger charge is -2.13. The molecule has 2 heterocycles. The molecule has 0 amide bonds. The van der Waals surface area contributed by atoms with Crippen molar-refractivity contribution in [2.24, 2.45) is 0 Å². The summed E-state index contributed by atoms with van der Waals surface area (Å²) in [7, 11) is -2.96. The number of ether oxygens (including phenoxy) is 1. The first-order valence-electron chi connectivity index (χ1n) is 8.71. The molecule has 2 N–H and O–H groups in total. The Bertz CT molecular complexity index is 929. The van der Waals surface area contributed by atoms with Gasteiger partial charge in [0.2, 0.25) is 5.95 Å². The Morgan fingerprint density at radius 3 is 2.63 bits per heavy atom. The maximum absolute atomic E-state index is 11.7. The van der Waals surface area contributed by atoms with E-state index in [2.05, 4.69) is 20.6 Å². The van der Waals surface area contributed by atoms with E-state index in [1.54, 1.807) is 37.3 Å². The summed E-state index contributed by atoms with van der Waals surface area (Å²) in [5.74, 6) is 0.923. The van der Waals surface area contributed by atoms with Crippen LogP contribution in [0, 0.1) is 6.92 Å². The molecule has 0 bridgehead atoms. The summed E-state index contributed by atoms with van der Waals surface area (Å²) >= 11 is 0. The number of anilines is 3. The van der Waals surface area contributed by atoms with Gasteiger partial charge < -0.3 is 15.4 Å². The van der Waals surface area contributed by atoms with E-state index in [1.165, 1.54) is 0 Å². The maximum atomic E-state index is 11.7. The van der Waals surface area contributed by atoms with Gasteiger partial charge in [0.1, 0.15) is 5.82 Å². The second kappa shape index (κ2) is 7.91. The molecule has 2 aromatic rings. The first-order chi connectivity index (χ1) is 12.8. The van der Waals surface area contributed by atoms with E-state index in [9.17, 15) is 13.2 Å². The predicted molar refractivity (Wildman–Crippen MR) is 103 cm³/mol. The molecule has 0 saturated carbocycles. The molecule has 1 unspecified atom stereocenters. The average Bonchev–Trinajstić information content (AvgIpc) is 2.93. The third-order valence-corrected chi connectivity index (χ3v) is 5.86. The number of carbonyl (C=O) groups is 1. The highest BCUT2D eigenvalue weighted by Crippen LogP contribution is 2.20. The van der Waals surface area contributed by atoms with Gasteiger partial charge in [0.25, 0.3) is 0 Å². The summed E-state index contributed by atoms with van der Waals surface area (Å²) in [4.78, 5) is 20.5. The molecule has 1 aromatic carbocycles. The minimum atomic E-state index is -2.96. The number of nitrogens with one attached hydrogen (secondary N) is 2. The number of sulfone groups is 1. The normalized spacial score (nSPS) is 18.1. The van der Waals surface area contributed by atoms with Crippen LogP contribution in [0.15, 0.2) is 30.3 Å². The Morgan fingerprint density at radius 2 is 2.00 bits per heavy atom. The highest BCUT2D eigenvalue weighted by atomic mass is 32.2. The molecule has 0 aliphatic carbocycles. The van der Waals surface area contributed by atoms with Gasteiger partial charge in [-0.15, -0.1) is 0 Å². The average molecular weight is 390 g/mol. The highest BCUT2D eigenvalue weighted by molar-refractivity contribution is 7.91. The van der Waals surface area contributed by atoms with Crippen molar-refractivity contribution in [3.8, 4) is 0 Å². The van der Waals surface area contributed by atoms with Crippen molar-refractivity contribution in [2.75, 3.05) is 28.7 Å². The molecule has 0 radical (unpaired) electrons. The minimum absolute atomic E-state index is 0.119. The molecule has 1 saturated heterocycles. The van der Waals surface area contributed by atoms with Crippen molar-refractivity contribution in [3.05, 3.63) is 41.6 Å². The third kappa shape index (κ3) is 5.16. The molecule has 27 heavy (non-hydrogen) atoms. The lowest BCUT2D eigenvalue weighted by atomic mass is 10.2. The van der Waals surface area contributed by atoms with Crippen molar-refractivity contribution >= 4 is 33.3 Å². The number of esters is 1. The molecule has 8 nitrogen and oxygen atoms in total. The van der Waals surface area contributed by atoms with Crippen LogP contribution in [0.4, 0.5) is 17.5 Å². The fourth-order valence-electron chi connectivity index (χ4n) is 2.85. The molecular formula is C18H22N4O4S. The lowest BCUT2D eigenvalue weighted by Crippen LogP contribution is -2.21. The zero-order valence-electron chi connectivity index (χ0n) is 15.2. The van der Waals surface area contributed by atoms with E-state index in [0.29, 0.717) is 30.4 Å². The van der Waals surface area contributed by atoms with E-state index in [0.717, 1.165) is 11.4 Å². The van der Waals surface area contributed by atoms with Gasteiger partial charge in [-0.1, -0.05) is 0 Å². The van der Waals surface area contributed by atoms with Crippen LogP contribution in [0.1, 0.15) is 29.4 Å². The summed E-state index contributed by atoms with van der Waals surface area (Å²) in [5, 5.41) is 6.26. The molecule has 1 aliphatic heterocycles. The van der Waals surface area contributed by atoms with E-state index < -0.39 is 9.84 Å². The van der Waals surface area contributed by atoms with Gasteiger partial charge in [0.05, 0.1) is 23.7 Å². The largest absolute Gasteiger partial charge is 0.462 e. The molecular weight excluding hydrogens is 368 g/mol. The number of hydrogen-bond acceptors (Lipinski definition) is 8. The van der Waals surface area contributed by atoms with Crippen LogP contribution in [0.25, 0.3) is 0 Å². The van der Waals surface area contributed by atoms with Gasteiger partial charge in [-0.05, 0) is 44.5 Å². The fourth-order valence-corrected chi connectivity index (χ4v) is 4.52. The van der Waals surface area contributed by atoms with Crippen LogP contribution in [0.3, 0.4) is 0 Å². The van der Waals surface area contributed by atoms with E-state index in [-0.39, 0.29) is 23.5 Å². The van der Waals surface area contributed by atoms with Crippen molar-refractivity contribution in [1.82, 2.24) is 9.97 Å². The van der Waals surface area contributed by atoms with E-state index in [4.69, 9.17) is 4.74 Å². The number of aromatic nitrogens is 2. The number of carbonyl (C=O) groups excluding carboxylic acids is 1. The van der Waals surface area contributed by atoms with Crippen molar-refractivity contribution in [3.63, 3.8) is 0 Å². The van der Waals surface area contributed by atoms with Crippen molar-refractivity contribution < 1.29 is 17.9 Å². The van der Waals surface area contributed by atoms with Gasteiger partial charge in [0.15, 0.2) is 9.84 Å². The smallest absolute Gasteiger partial charge is 0.338 e. The predicted octanol–water partition coefficient (Wildman–Crippen LogP) is 2.30. The number of aryl methyl sites for hydroxylation is 1. The zero-order valence-corrected chi connectivity index (χ0v) is 16.0. The summed E-state index contributed by atoms with van der Waals surface area (Å²) in [5.41, 5.74) is 1.94. The van der Waals surface area contributed by atoms with Gasteiger partial charge in [-0.25, -0.2) is 18.2 Å². The first kappa shape index (κ1) is 19.1. The van der Waals surface area contributed by atoms with Crippen molar-refractivity contribution in [2.45, 2.75) is 26.3 Å². The van der Waals surface area contributed by atoms with Crippen molar-refractivity contribution in [1.29, 1.82) is 0 Å². The van der Waals surface area contributed by atoms with E-state index in [1.807, 2.05) is 6.92 Å².